The Kier molecular flexibility index (Phi) is 7.23. The van der Waals surface area contributed by atoms with Gasteiger partial charge in [0.2, 0.25) is 0 Å². The lowest BCUT2D eigenvalue weighted by Crippen LogP contribution is -2.42. The van der Waals surface area contributed by atoms with Crippen molar-refractivity contribution < 1.29 is 41.2 Å². The molecule has 3 aromatic carbocycles. The number of hydrogen-bond acceptors (Lipinski definition) is 5. The van der Waals surface area contributed by atoms with Crippen LogP contribution in [-0.4, -0.2) is 41.4 Å². The molecular weight excluding hydrogens is 563 g/mol. The summed E-state index contributed by atoms with van der Waals surface area (Å²) in [6.45, 7) is -1.11. The summed E-state index contributed by atoms with van der Waals surface area (Å²) >= 11 is 11.9. The predicted octanol–water partition coefficient (Wildman–Crippen LogP) is 6.85. The number of hydrogen-bond donors (Lipinski definition) is 2. The molecule has 1 aliphatic heterocycles. The SMILES string of the molecule is O=C(NC/C(=N\O)C(F)(F)F)c1ccc(C2=NOC(c3cc(Cl)cc(Cl)c3)(C(F)(F)F)C2)c2ccccc12. The monoisotopic (exact) mass is 577 g/mol. The zero-order valence-corrected chi connectivity index (χ0v) is 20.3. The van der Waals surface area contributed by atoms with Crippen molar-refractivity contribution in [1.29, 1.82) is 0 Å². The lowest BCUT2D eigenvalue weighted by Gasteiger charge is -2.29. The van der Waals surface area contributed by atoms with Gasteiger partial charge in [-0.05, 0) is 35.0 Å². The fourth-order valence-electron chi connectivity index (χ4n) is 4.04. The fraction of sp³-hybridized carbons (Fsp3) is 0.208. The minimum absolute atomic E-state index is 0.0334. The first-order valence-corrected chi connectivity index (χ1v) is 11.4. The van der Waals surface area contributed by atoms with Gasteiger partial charge in [-0.1, -0.05) is 63.8 Å². The molecule has 1 heterocycles. The van der Waals surface area contributed by atoms with Crippen LogP contribution in [0.4, 0.5) is 26.3 Å². The maximum Gasteiger partial charge on any atom is 0.435 e. The first-order chi connectivity index (χ1) is 17.8. The normalized spacial score (nSPS) is 18.3. The maximum atomic E-state index is 14.4. The zero-order valence-electron chi connectivity index (χ0n) is 18.8. The Bertz CT molecular complexity index is 1450. The van der Waals surface area contributed by atoms with Crippen LogP contribution in [0.2, 0.25) is 10.0 Å². The minimum atomic E-state index is -4.97. The first kappa shape index (κ1) is 27.5. The minimum Gasteiger partial charge on any atom is -0.411 e. The van der Waals surface area contributed by atoms with E-state index in [4.69, 9.17) is 33.2 Å². The number of nitrogens with zero attached hydrogens (tertiary/aromatic N) is 2. The number of oxime groups is 2. The van der Waals surface area contributed by atoms with Crippen LogP contribution < -0.4 is 5.32 Å². The first-order valence-electron chi connectivity index (χ1n) is 10.6. The van der Waals surface area contributed by atoms with E-state index in [0.717, 1.165) is 12.1 Å². The van der Waals surface area contributed by atoms with Crippen molar-refractivity contribution in [2.24, 2.45) is 10.3 Å². The molecule has 2 N–H and O–H groups in total. The fourth-order valence-corrected chi connectivity index (χ4v) is 4.56. The predicted molar refractivity (Wildman–Crippen MR) is 128 cm³/mol. The van der Waals surface area contributed by atoms with Gasteiger partial charge in [0.25, 0.3) is 11.5 Å². The van der Waals surface area contributed by atoms with E-state index in [9.17, 15) is 31.1 Å². The Morgan fingerprint density at radius 2 is 1.66 bits per heavy atom. The molecule has 0 bridgehead atoms. The summed E-state index contributed by atoms with van der Waals surface area (Å²) in [5.74, 6) is -0.930. The molecule has 1 atom stereocenters. The van der Waals surface area contributed by atoms with Gasteiger partial charge in [0.1, 0.15) is 0 Å². The van der Waals surface area contributed by atoms with Crippen LogP contribution in [-0.2, 0) is 10.4 Å². The van der Waals surface area contributed by atoms with Crippen LogP contribution in [0.25, 0.3) is 10.8 Å². The summed E-state index contributed by atoms with van der Waals surface area (Å²) in [6, 6.07) is 12.1. The van der Waals surface area contributed by atoms with E-state index in [-0.39, 0.29) is 37.8 Å². The Labute approximate surface area is 220 Å². The quantitative estimate of drug-likeness (QED) is 0.150. The number of alkyl halides is 6. The second-order valence-electron chi connectivity index (χ2n) is 8.22. The summed E-state index contributed by atoms with van der Waals surface area (Å²) in [5, 5.41) is 17.0. The molecule has 0 spiro atoms. The number of amides is 1. The van der Waals surface area contributed by atoms with E-state index in [1.807, 2.05) is 5.32 Å². The zero-order chi connectivity index (χ0) is 27.9. The van der Waals surface area contributed by atoms with Gasteiger partial charge in [-0.15, -0.1) is 0 Å². The highest BCUT2D eigenvalue weighted by molar-refractivity contribution is 6.34. The molecule has 3 aromatic rings. The lowest BCUT2D eigenvalue weighted by atomic mass is 9.85. The van der Waals surface area contributed by atoms with E-state index < -0.39 is 42.5 Å². The van der Waals surface area contributed by atoms with Gasteiger partial charge >= 0.3 is 12.4 Å². The Balaban J connectivity index is 1.70. The van der Waals surface area contributed by atoms with E-state index in [1.54, 1.807) is 12.1 Å². The van der Waals surface area contributed by atoms with Crippen molar-refractivity contribution in [3.63, 3.8) is 0 Å². The number of nitrogens with one attached hydrogen (secondary N) is 1. The molecule has 0 saturated heterocycles. The van der Waals surface area contributed by atoms with Crippen molar-refractivity contribution in [3.05, 3.63) is 81.3 Å². The Morgan fingerprint density at radius 3 is 2.24 bits per heavy atom. The van der Waals surface area contributed by atoms with E-state index in [0.29, 0.717) is 5.39 Å². The summed E-state index contributed by atoms with van der Waals surface area (Å²) < 4.78 is 81.5. The van der Waals surface area contributed by atoms with Crippen molar-refractivity contribution >= 4 is 51.3 Å². The van der Waals surface area contributed by atoms with Crippen LogP contribution in [0.3, 0.4) is 0 Å². The smallest absolute Gasteiger partial charge is 0.411 e. The second-order valence-corrected chi connectivity index (χ2v) is 9.10. The largest absolute Gasteiger partial charge is 0.435 e. The van der Waals surface area contributed by atoms with Crippen molar-refractivity contribution in [2.45, 2.75) is 24.4 Å². The molecule has 0 radical (unpaired) electrons. The van der Waals surface area contributed by atoms with Gasteiger partial charge in [-0.3, -0.25) is 4.79 Å². The van der Waals surface area contributed by atoms with E-state index in [2.05, 4.69) is 10.3 Å². The third kappa shape index (κ3) is 5.10. The Morgan fingerprint density at radius 1 is 1.03 bits per heavy atom. The molecule has 1 unspecified atom stereocenters. The number of benzene rings is 3. The highest BCUT2D eigenvalue weighted by atomic mass is 35.5. The lowest BCUT2D eigenvalue weighted by molar-refractivity contribution is -0.275. The van der Waals surface area contributed by atoms with E-state index in [1.165, 1.54) is 30.3 Å². The molecule has 1 aliphatic rings. The van der Waals surface area contributed by atoms with Crippen LogP contribution in [0.15, 0.2) is 64.9 Å². The number of rotatable bonds is 5. The second kappa shape index (κ2) is 9.99. The average molecular weight is 578 g/mol. The molecular formula is C24H15Cl2F6N3O3. The van der Waals surface area contributed by atoms with Crippen LogP contribution >= 0.6 is 23.2 Å². The van der Waals surface area contributed by atoms with Gasteiger partial charge < -0.3 is 15.4 Å². The molecule has 0 aromatic heterocycles. The third-order valence-electron chi connectivity index (χ3n) is 5.86. The third-order valence-corrected chi connectivity index (χ3v) is 6.30. The molecule has 0 fully saturated rings. The highest BCUT2D eigenvalue weighted by Crippen LogP contribution is 2.50. The summed E-state index contributed by atoms with van der Waals surface area (Å²) in [5.41, 5.74) is -4.79. The van der Waals surface area contributed by atoms with Gasteiger partial charge in [0, 0.05) is 33.2 Å². The molecule has 200 valence electrons. The van der Waals surface area contributed by atoms with Gasteiger partial charge in [0.15, 0.2) is 5.71 Å². The topological polar surface area (TPSA) is 83.3 Å². The number of fused-ring (bicyclic) bond motifs is 1. The maximum absolute atomic E-state index is 14.4. The Hall–Kier alpha value is -3.51. The standard InChI is InChI=1S/C24H15Cl2F6N3O3/c25-13-7-12(8-14(26)9-13)22(24(30,31)32)10-19(35-38-22)17-5-6-18(16-4-2-1-3-15(16)17)21(36)33-11-20(34-37)23(27,28)29/h1-9,37H,10-11H2,(H,33,36)/b34-20+. The highest BCUT2D eigenvalue weighted by Gasteiger charge is 2.62. The summed E-state index contributed by atoms with van der Waals surface area (Å²) in [7, 11) is 0. The van der Waals surface area contributed by atoms with Crippen molar-refractivity contribution in [1.82, 2.24) is 5.32 Å². The number of carbonyl (C=O) groups excluding carboxylic acids is 1. The molecule has 6 nitrogen and oxygen atoms in total. The number of halogens is 8. The van der Waals surface area contributed by atoms with Gasteiger partial charge in [-0.2, -0.15) is 26.3 Å². The molecule has 0 aliphatic carbocycles. The molecule has 1 amide bonds. The summed E-state index contributed by atoms with van der Waals surface area (Å²) in [4.78, 5) is 17.7. The molecule has 4 rings (SSSR count). The van der Waals surface area contributed by atoms with Crippen LogP contribution in [0, 0.1) is 0 Å². The molecule has 0 saturated carbocycles. The van der Waals surface area contributed by atoms with Crippen molar-refractivity contribution in [3.8, 4) is 0 Å². The van der Waals surface area contributed by atoms with Crippen LogP contribution in [0.1, 0.15) is 27.9 Å². The molecule has 14 heteroatoms. The van der Waals surface area contributed by atoms with Gasteiger partial charge in [-0.25, -0.2) is 0 Å². The average Bonchev–Trinajstić information content (AvgIpc) is 3.29. The van der Waals surface area contributed by atoms with Crippen LogP contribution in [0.5, 0.6) is 0 Å². The molecule has 38 heavy (non-hydrogen) atoms. The number of carbonyl (C=O) groups is 1. The van der Waals surface area contributed by atoms with E-state index >= 15 is 0 Å². The summed E-state index contributed by atoms with van der Waals surface area (Å²) in [6.07, 6.45) is -10.6. The van der Waals surface area contributed by atoms with Crippen molar-refractivity contribution in [2.75, 3.05) is 6.54 Å². The van der Waals surface area contributed by atoms with Gasteiger partial charge in [0.05, 0.1) is 12.3 Å².